The predicted octanol–water partition coefficient (Wildman–Crippen LogP) is 4.87. The summed E-state index contributed by atoms with van der Waals surface area (Å²) in [5.41, 5.74) is 1.51. The Hall–Kier alpha value is -2.12. The molecule has 0 aromatic heterocycles. The van der Waals surface area contributed by atoms with Gasteiger partial charge in [-0.2, -0.15) is 0 Å². The summed E-state index contributed by atoms with van der Waals surface area (Å²) >= 11 is 0. The number of ether oxygens (including phenoxy) is 1. The highest BCUT2D eigenvalue weighted by molar-refractivity contribution is 5.93. The van der Waals surface area contributed by atoms with Gasteiger partial charge in [0.15, 0.2) is 0 Å². The molecule has 1 aromatic rings. The third kappa shape index (κ3) is 7.72. The quantitative estimate of drug-likeness (QED) is 0.504. The van der Waals surface area contributed by atoms with E-state index in [-0.39, 0.29) is 48.8 Å². The standard InChI is InChI=1S/C31H49N3O4/c1-22-18-34(23(2)21-35)30(36)17-26-16-27(32-31(37)25-12-8-5-9-13-25)14-15-28(26)38-29(22)20-33(3)19-24-10-6-4-7-11-24/h14-16,22-25,29,35H,4-13,17-21H2,1-3H3,(H,32,37)/t22-,23-,29-/m0/s1. The van der Waals surface area contributed by atoms with Crippen LogP contribution < -0.4 is 10.1 Å². The number of carbonyl (C=O) groups is 2. The summed E-state index contributed by atoms with van der Waals surface area (Å²) in [6.45, 7) is 6.37. The SMILES string of the molecule is C[C@H]1CN([C@@H](C)CO)C(=O)Cc2cc(NC(=O)C3CCCCC3)ccc2O[C@H]1CN(C)CC1CCCCC1. The monoisotopic (exact) mass is 527 g/mol. The lowest BCUT2D eigenvalue weighted by molar-refractivity contribution is -0.134. The van der Waals surface area contributed by atoms with Gasteiger partial charge in [-0.05, 0) is 63.8 Å². The first kappa shape index (κ1) is 28.9. The number of benzene rings is 1. The van der Waals surface area contributed by atoms with E-state index in [0.717, 1.165) is 61.7 Å². The van der Waals surface area contributed by atoms with E-state index in [1.165, 1.54) is 38.5 Å². The third-order valence-corrected chi connectivity index (χ3v) is 8.95. The van der Waals surface area contributed by atoms with Crippen LogP contribution in [0.5, 0.6) is 5.75 Å². The molecule has 1 heterocycles. The molecule has 2 saturated carbocycles. The van der Waals surface area contributed by atoms with Gasteiger partial charge < -0.3 is 25.0 Å². The van der Waals surface area contributed by atoms with Gasteiger partial charge in [0.25, 0.3) is 0 Å². The van der Waals surface area contributed by atoms with Crippen molar-refractivity contribution in [1.82, 2.24) is 9.80 Å². The van der Waals surface area contributed by atoms with Crippen molar-refractivity contribution in [3.63, 3.8) is 0 Å². The molecule has 7 heteroatoms. The van der Waals surface area contributed by atoms with E-state index < -0.39 is 0 Å². The first-order valence-corrected chi connectivity index (χ1v) is 15.0. The predicted molar refractivity (Wildman–Crippen MR) is 151 cm³/mol. The average Bonchev–Trinajstić information content (AvgIpc) is 2.97. The molecule has 2 N–H and O–H groups in total. The lowest BCUT2D eigenvalue weighted by Gasteiger charge is -2.35. The lowest BCUT2D eigenvalue weighted by atomic mass is 9.88. The molecule has 0 bridgehead atoms. The molecule has 38 heavy (non-hydrogen) atoms. The zero-order valence-electron chi connectivity index (χ0n) is 23.8. The van der Waals surface area contributed by atoms with Gasteiger partial charge in [0.1, 0.15) is 11.9 Å². The van der Waals surface area contributed by atoms with Crippen molar-refractivity contribution in [3.05, 3.63) is 23.8 Å². The highest BCUT2D eigenvalue weighted by Crippen LogP contribution is 2.31. The van der Waals surface area contributed by atoms with Gasteiger partial charge in [-0.25, -0.2) is 0 Å². The van der Waals surface area contributed by atoms with E-state index in [2.05, 4.69) is 24.2 Å². The number of fused-ring (bicyclic) bond motifs is 1. The van der Waals surface area contributed by atoms with Crippen molar-refractivity contribution in [1.29, 1.82) is 0 Å². The molecular weight excluding hydrogens is 478 g/mol. The number of nitrogens with zero attached hydrogens (tertiary/aromatic N) is 2. The van der Waals surface area contributed by atoms with Crippen molar-refractivity contribution in [3.8, 4) is 5.75 Å². The summed E-state index contributed by atoms with van der Waals surface area (Å²) in [4.78, 5) is 30.6. The van der Waals surface area contributed by atoms with Crippen LogP contribution >= 0.6 is 0 Å². The Kier molecular flexibility index (Phi) is 10.5. The zero-order chi connectivity index (χ0) is 27.1. The van der Waals surface area contributed by atoms with Crippen LogP contribution in [0, 0.1) is 17.8 Å². The number of likely N-dealkylation sites (N-methyl/N-ethyl adjacent to an activating group) is 1. The number of aliphatic hydroxyl groups excluding tert-OH is 1. The van der Waals surface area contributed by atoms with Crippen LogP contribution in [0.2, 0.25) is 0 Å². The smallest absolute Gasteiger partial charge is 0.227 e. The van der Waals surface area contributed by atoms with Crippen LogP contribution in [0.15, 0.2) is 18.2 Å². The fourth-order valence-corrected chi connectivity index (χ4v) is 6.53. The Morgan fingerprint density at radius 3 is 2.47 bits per heavy atom. The van der Waals surface area contributed by atoms with Crippen molar-refractivity contribution in [2.75, 3.05) is 38.6 Å². The van der Waals surface area contributed by atoms with Gasteiger partial charge in [-0.15, -0.1) is 0 Å². The van der Waals surface area contributed by atoms with Crippen molar-refractivity contribution >= 4 is 17.5 Å². The molecule has 1 aromatic carbocycles. The molecule has 2 aliphatic carbocycles. The van der Waals surface area contributed by atoms with Crippen molar-refractivity contribution in [2.24, 2.45) is 17.8 Å². The maximum atomic E-state index is 13.5. The van der Waals surface area contributed by atoms with E-state index in [9.17, 15) is 14.7 Å². The number of carbonyl (C=O) groups excluding carboxylic acids is 2. The molecule has 3 aliphatic rings. The highest BCUT2D eigenvalue weighted by atomic mass is 16.5. The summed E-state index contributed by atoms with van der Waals surface area (Å²) in [7, 11) is 2.18. The second kappa shape index (κ2) is 13.8. The number of aliphatic hydroxyl groups is 1. The minimum Gasteiger partial charge on any atom is -0.488 e. The van der Waals surface area contributed by atoms with Crippen LogP contribution in [0.1, 0.15) is 83.6 Å². The second-order valence-electron chi connectivity index (χ2n) is 12.3. The van der Waals surface area contributed by atoms with Gasteiger partial charge in [-0.1, -0.05) is 45.4 Å². The van der Waals surface area contributed by atoms with E-state index in [0.29, 0.717) is 6.54 Å². The molecule has 0 unspecified atom stereocenters. The Labute approximate surface area is 229 Å². The van der Waals surface area contributed by atoms with E-state index in [4.69, 9.17) is 4.74 Å². The summed E-state index contributed by atoms with van der Waals surface area (Å²) in [6, 6.07) is 5.48. The lowest BCUT2D eigenvalue weighted by Crippen LogP contribution is -2.48. The molecule has 1 aliphatic heterocycles. The van der Waals surface area contributed by atoms with Gasteiger partial charge >= 0.3 is 0 Å². The molecule has 2 amide bonds. The topological polar surface area (TPSA) is 82.1 Å². The Morgan fingerprint density at radius 1 is 1.11 bits per heavy atom. The fourth-order valence-electron chi connectivity index (χ4n) is 6.53. The number of rotatable bonds is 8. The summed E-state index contributed by atoms with van der Waals surface area (Å²) in [6.07, 6.45) is 12.0. The third-order valence-electron chi connectivity index (χ3n) is 8.95. The van der Waals surface area contributed by atoms with E-state index in [1.807, 2.05) is 30.0 Å². The molecule has 7 nitrogen and oxygen atoms in total. The number of nitrogens with one attached hydrogen (secondary N) is 1. The number of hydrogen-bond acceptors (Lipinski definition) is 5. The van der Waals surface area contributed by atoms with Gasteiger partial charge in [0, 0.05) is 42.7 Å². The maximum Gasteiger partial charge on any atom is 0.227 e. The van der Waals surface area contributed by atoms with Gasteiger partial charge in [-0.3, -0.25) is 9.59 Å². The Bertz CT molecular complexity index is 926. The molecule has 0 saturated heterocycles. The molecule has 3 atom stereocenters. The maximum absolute atomic E-state index is 13.5. The highest BCUT2D eigenvalue weighted by Gasteiger charge is 2.32. The largest absolute Gasteiger partial charge is 0.488 e. The van der Waals surface area contributed by atoms with Crippen LogP contribution in [0.4, 0.5) is 5.69 Å². The van der Waals surface area contributed by atoms with Crippen LogP contribution in [-0.4, -0.2) is 72.2 Å². The molecule has 4 rings (SSSR count). The number of amides is 2. The molecule has 0 spiro atoms. The van der Waals surface area contributed by atoms with Gasteiger partial charge in [0.05, 0.1) is 19.1 Å². The first-order chi connectivity index (χ1) is 18.3. The van der Waals surface area contributed by atoms with Gasteiger partial charge in [0.2, 0.25) is 11.8 Å². The second-order valence-corrected chi connectivity index (χ2v) is 12.3. The fraction of sp³-hybridized carbons (Fsp3) is 0.742. The minimum atomic E-state index is -0.263. The van der Waals surface area contributed by atoms with Crippen molar-refractivity contribution < 1.29 is 19.4 Å². The van der Waals surface area contributed by atoms with Crippen LogP contribution in [0.25, 0.3) is 0 Å². The van der Waals surface area contributed by atoms with E-state index in [1.54, 1.807) is 0 Å². The summed E-state index contributed by atoms with van der Waals surface area (Å²) in [5, 5.41) is 13.0. The normalized spacial score (nSPS) is 24.7. The first-order valence-electron chi connectivity index (χ1n) is 15.0. The molecule has 212 valence electrons. The number of hydrogen-bond donors (Lipinski definition) is 2. The summed E-state index contributed by atoms with van der Waals surface area (Å²) in [5.74, 6) is 1.68. The Balaban J connectivity index is 1.53. The summed E-state index contributed by atoms with van der Waals surface area (Å²) < 4.78 is 6.68. The molecule has 0 radical (unpaired) electrons. The molecule has 2 fully saturated rings. The zero-order valence-corrected chi connectivity index (χ0v) is 23.8. The Morgan fingerprint density at radius 2 is 1.79 bits per heavy atom. The van der Waals surface area contributed by atoms with Crippen molar-refractivity contribution in [2.45, 2.75) is 96.6 Å². The number of anilines is 1. The molecular formula is C31H49N3O4. The average molecular weight is 528 g/mol. The van der Waals surface area contributed by atoms with Crippen LogP contribution in [-0.2, 0) is 16.0 Å². The minimum absolute atomic E-state index is 0.0183. The van der Waals surface area contributed by atoms with Crippen LogP contribution in [0.3, 0.4) is 0 Å². The van der Waals surface area contributed by atoms with E-state index >= 15 is 0 Å².